The van der Waals surface area contributed by atoms with Crippen LogP contribution >= 0.6 is 32.3 Å². The number of urea groups is 1. The number of carbonyl (C=O) groups is 1. The lowest BCUT2D eigenvalue weighted by molar-refractivity contribution is 0.167. The maximum Gasteiger partial charge on any atom is 0.347 e. The van der Waals surface area contributed by atoms with Crippen LogP contribution in [0.5, 0.6) is 0 Å². The average Bonchev–Trinajstić information content (AvgIpc) is 1.88. The Labute approximate surface area is 76.1 Å². The number of hydrogen-bond donors (Lipinski definition) is 2. The van der Waals surface area contributed by atoms with Gasteiger partial charge in [-0.25, -0.2) is 15.6 Å². The van der Waals surface area contributed by atoms with Gasteiger partial charge in [-0.05, 0) is 6.92 Å². The highest BCUT2D eigenvalue weighted by molar-refractivity contribution is 9.21. The molecule has 0 spiro atoms. The summed E-state index contributed by atoms with van der Waals surface area (Å²) in [6.07, 6.45) is 0. The minimum Gasteiger partial charge on any atom is -0.275 e. The summed E-state index contributed by atoms with van der Waals surface area (Å²) in [7, 11) is 0. The summed E-state index contributed by atoms with van der Waals surface area (Å²) in [4.78, 5) is 10.8. The molecule has 2 amide bonds. The van der Waals surface area contributed by atoms with Crippen molar-refractivity contribution in [3.8, 4) is 0 Å². The molecular weight excluding hydrogens is 268 g/mol. The first-order valence-electron chi connectivity index (χ1n) is 2.53. The summed E-state index contributed by atoms with van der Waals surface area (Å²) in [5.74, 6) is 4.88. The van der Waals surface area contributed by atoms with Gasteiger partial charge >= 0.3 is 6.03 Å². The Hall–Kier alpha value is 0.150. The molecule has 0 atom stereocenters. The van der Waals surface area contributed by atoms with E-state index < -0.39 is 6.03 Å². The molecule has 0 heterocycles. The molecule has 10 heavy (non-hydrogen) atoms. The van der Waals surface area contributed by atoms with Crippen molar-refractivity contribution in [2.75, 3.05) is 6.54 Å². The number of nitrogens with one attached hydrogen (secondary N) is 1. The molecule has 0 aliphatic heterocycles. The zero-order chi connectivity index (χ0) is 8.15. The number of halogens is 2. The lowest BCUT2D eigenvalue weighted by Gasteiger charge is -2.21. The van der Waals surface area contributed by atoms with Crippen molar-refractivity contribution in [1.82, 2.24) is 13.5 Å². The number of hydrogen-bond acceptors (Lipinski definition) is 3. The third-order valence-electron chi connectivity index (χ3n) is 0.840. The Bertz CT molecular complexity index is 119. The van der Waals surface area contributed by atoms with Gasteiger partial charge in [-0.2, -0.15) is 0 Å². The van der Waals surface area contributed by atoms with Crippen molar-refractivity contribution in [3.63, 3.8) is 0 Å². The zero-order valence-electron chi connectivity index (χ0n) is 5.34. The van der Waals surface area contributed by atoms with E-state index in [0.717, 1.165) is 0 Å². The molecule has 7 heteroatoms. The fourth-order valence-corrected chi connectivity index (χ4v) is 1.13. The largest absolute Gasteiger partial charge is 0.347 e. The summed E-state index contributed by atoms with van der Waals surface area (Å²) in [6, 6.07) is -0.392. The minimum absolute atomic E-state index is 0.392. The summed E-state index contributed by atoms with van der Waals surface area (Å²) in [6.45, 7) is 2.32. The molecular formula is C3H8Br2N4O. The molecule has 0 aliphatic carbocycles. The summed E-state index contributed by atoms with van der Waals surface area (Å²) in [5, 5.41) is 1.31. The van der Waals surface area contributed by atoms with Gasteiger partial charge in [0.25, 0.3) is 0 Å². The van der Waals surface area contributed by atoms with Gasteiger partial charge in [-0.1, -0.05) is 3.06 Å². The highest BCUT2D eigenvalue weighted by Crippen LogP contribution is 2.10. The smallest absolute Gasteiger partial charge is 0.275 e. The number of nitrogens with two attached hydrogens (primary N) is 1. The molecule has 0 rings (SSSR count). The van der Waals surface area contributed by atoms with Crippen LogP contribution in [0.3, 0.4) is 0 Å². The molecule has 0 unspecified atom stereocenters. The van der Waals surface area contributed by atoms with Crippen molar-refractivity contribution < 1.29 is 4.79 Å². The van der Waals surface area contributed by atoms with Gasteiger partial charge in [0, 0.05) is 38.8 Å². The van der Waals surface area contributed by atoms with Crippen LogP contribution in [0.2, 0.25) is 0 Å². The van der Waals surface area contributed by atoms with E-state index in [-0.39, 0.29) is 0 Å². The van der Waals surface area contributed by atoms with Crippen LogP contribution in [0, 0.1) is 0 Å². The fourth-order valence-electron chi connectivity index (χ4n) is 0.394. The van der Waals surface area contributed by atoms with E-state index in [2.05, 4.69) is 32.3 Å². The van der Waals surface area contributed by atoms with Crippen molar-refractivity contribution in [1.29, 1.82) is 0 Å². The topological polar surface area (TPSA) is 61.6 Å². The second kappa shape index (κ2) is 4.89. The predicted molar refractivity (Wildman–Crippen MR) is 44.8 cm³/mol. The zero-order valence-corrected chi connectivity index (χ0v) is 8.52. The molecule has 0 aromatic carbocycles. The van der Waals surface area contributed by atoms with Gasteiger partial charge in [-0.15, -0.1) is 0 Å². The first kappa shape index (κ1) is 10.2. The number of rotatable bonds is 2. The standard InChI is InChI=1S/C3H8Br2N4O/c1-2-8(9(4)5)3(10)7-6/h2,6H2,1H3,(H,7,10). The number of hydrazine groups is 2. The van der Waals surface area contributed by atoms with E-state index in [1.165, 1.54) is 8.07 Å². The van der Waals surface area contributed by atoms with E-state index >= 15 is 0 Å². The fraction of sp³-hybridized carbons (Fsp3) is 0.667. The molecule has 0 radical (unpaired) electrons. The Morgan fingerprint density at radius 2 is 2.20 bits per heavy atom. The summed E-state index contributed by atoms with van der Waals surface area (Å²) >= 11 is 6.00. The number of amides is 2. The van der Waals surface area contributed by atoms with Gasteiger partial charge in [0.05, 0.1) is 0 Å². The first-order chi connectivity index (χ1) is 4.63. The number of nitrogens with zero attached hydrogens (tertiary/aromatic N) is 2. The molecule has 0 saturated carbocycles. The summed E-state index contributed by atoms with van der Waals surface area (Å²) in [5.41, 5.74) is 1.98. The van der Waals surface area contributed by atoms with E-state index in [9.17, 15) is 4.79 Å². The van der Waals surface area contributed by atoms with E-state index in [0.29, 0.717) is 6.54 Å². The molecule has 0 fully saturated rings. The SMILES string of the molecule is CCN(C(=O)NN)N(Br)Br. The van der Waals surface area contributed by atoms with Gasteiger partial charge < -0.3 is 0 Å². The quantitative estimate of drug-likeness (QED) is 0.338. The van der Waals surface area contributed by atoms with Crippen molar-refractivity contribution in [2.45, 2.75) is 6.92 Å². The monoisotopic (exact) mass is 274 g/mol. The Morgan fingerprint density at radius 1 is 1.70 bits per heavy atom. The molecule has 60 valence electrons. The Kier molecular flexibility index (Phi) is 4.96. The van der Waals surface area contributed by atoms with Gasteiger partial charge in [-0.3, -0.25) is 5.43 Å². The van der Waals surface area contributed by atoms with E-state index in [1.54, 1.807) is 0 Å². The van der Waals surface area contributed by atoms with Crippen LogP contribution in [0.4, 0.5) is 4.79 Å². The normalized spacial score (nSPS) is 9.70. The number of carbonyl (C=O) groups excluding carboxylic acids is 1. The highest BCUT2D eigenvalue weighted by atomic mass is 79.9. The lowest BCUT2D eigenvalue weighted by atomic mass is 10.7. The minimum atomic E-state index is -0.392. The van der Waals surface area contributed by atoms with Crippen LogP contribution < -0.4 is 11.3 Å². The van der Waals surface area contributed by atoms with Crippen molar-refractivity contribution in [2.24, 2.45) is 5.84 Å². The third-order valence-corrected chi connectivity index (χ3v) is 1.61. The van der Waals surface area contributed by atoms with E-state index in [1.807, 2.05) is 12.3 Å². The second-order valence-corrected chi connectivity index (χ2v) is 3.68. The maximum atomic E-state index is 10.8. The maximum absolute atomic E-state index is 10.8. The van der Waals surface area contributed by atoms with Crippen molar-refractivity contribution >= 4 is 38.3 Å². The predicted octanol–water partition coefficient (Wildman–Crippen LogP) is 0.728. The lowest BCUT2D eigenvalue weighted by Crippen LogP contribution is -2.45. The first-order valence-corrected chi connectivity index (χ1v) is 3.95. The van der Waals surface area contributed by atoms with E-state index in [4.69, 9.17) is 5.84 Å². The molecule has 0 bridgehead atoms. The van der Waals surface area contributed by atoms with Gasteiger partial charge in [0.2, 0.25) is 0 Å². The third kappa shape index (κ3) is 2.82. The van der Waals surface area contributed by atoms with Crippen LogP contribution in [-0.2, 0) is 0 Å². The molecule has 0 aliphatic rings. The molecule has 3 N–H and O–H groups in total. The average molecular weight is 276 g/mol. The van der Waals surface area contributed by atoms with Crippen LogP contribution in [-0.4, -0.2) is 20.6 Å². The second-order valence-electron chi connectivity index (χ2n) is 1.38. The summed E-state index contributed by atoms with van der Waals surface area (Å²) < 4.78 is 1.29. The van der Waals surface area contributed by atoms with Gasteiger partial charge in [0.1, 0.15) is 0 Å². The molecule has 0 aromatic rings. The Balaban J connectivity index is 3.93. The molecule has 0 saturated heterocycles. The van der Waals surface area contributed by atoms with Gasteiger partial charge in [0.15, 0.2) is 0 Å². The Morgan fingerprint density at radius 3 is 2.30 bits per heavy atom. The van der Waals surface area contributed by atoms with Crippen LogP contribution in [0.1, 0.15) is 6.92 Å². The highest BCUT2D eigenvalue weighted by Gasteiger charge is 2.13. The van der Waals surface area contributed by atoms with Crippen LogP contribution in [0.25, 0.3) is 0 Å². The molecule has 5 nitrogen and oxygen atoms in total. The molecule has 0 aromatic heterocycles. The van der Waals surface area contributed by atoms with Crippen molar-refractivity contribution in [3.05, 3.63) is 0 Å². The van der Waals surface area contributed by atoms with Crippen LogP contribution in [0.15, 0.2) is 0 Å².